The Kier molecular flexibility index (Phi) is 5.10. The van der Waals surface area contributed by atoms with Gasteiger partial charge in [0.15, 0.2) is 0 Å². The summed E-state index contributed by atoms with van der Waals surface area (Å²) in [5.41, 5.74) is -0.514. The van der Waals surface area contributed by atoms with Crippen molar-refractivity contribution in [2.75, 3.05) is 18.7 Å². The number of nitrogens with one attached hydrogen (secondary N) is 1. The van der Waals surface area contributed by atoms with Gasteiger partial charge in [0.05, 0.1) is 17.2 Å². The molecule has 0 atom stereocenters. The topological polar surface area (TPSA) is 21.3 Å². The van der Waals surface area contributed by atoms with Gasteiger partial charge in [-0.1, -0.05) is 32.4 Å². The van der Waals surface area contributed by atoms with Gasteiger partial charge in [-0.15, -0.1) is 0 Å². The highest BCUT2D eigenvalue weighted by atomic mass is 35.5. The van der Waals surface area contributed by atoms with Crippen LogP contribution in [0.2, 0.25) is 5.02 Å². The van der Waals surface area contributed by atoms with E-state index in [1.807, 2.05) is 20.8 Å². The highest BCUT2D eigenvalue weighted by molar-refractivity contribution is 6.31. The van der Waals surface area contributed by atoms with Gasteiger partial charge in [-0.2, -0.15) is 13.2 Å². The molecule has 6 heteroatoms. The molecule has 0 aliphatic carbocycles. The van der Waals surface area contributed by atoms with Crippen molar-refractivity contribution in [3.8, 4) is 0 Å². The third-order valence-corrected chi connectivity index (χ3v) is 2.51. The molecule has 0 heterocycles. The van der Waals surface area contributed by atoms with Gasteiger partial charge in [0.2, 0.25) is 0 Å². The van der Waals surface area contributed by atoms with Gasteiger partial charge in [0, 0.05) is 5.69 Å². The van der Waals surface area contributed by atoms with E-state index in [1.165, 1.54) is 12.1 Å². The number of anilines is 1. The fraction of sp³-hybridized carbons (Fsp3) is 0.538. The van der Waals surface area contributed by atoms with Crippen LogP contribution in [0.5, 0.6) is 0 Å². The van der Waals surface area contributed by atoms with E-state index in [2.05, 4.69) is 5.32 Å². The summed E-state index contributed by atoms with van der Waals surface area (Å²) < 4.78 is 43.2. The maximum atomic E-state index is 12.6. The molecule has 0 saturated carbocycles. The normalized spacial score (nSPS) is 12.6. The molecule has 0 saturated heterocycles. The lowest BCUT2D eigenvalue weighted by molar-refractivity contribution is -0.137. The van der Waals surface area contributed by atoms with E-state index >= 15 is 0 Å². The summed E-state index contributed by atoms with van der Waals surface area (Å²) in [5.74, 6) is 0. The van der Waals surface area contributed by atoms with Crippen molar-refractivity contribution in [1.82, 2.24) is 0 Å². The summed E-state index contributed by atoms with van der Waals surface area (Å²) in [6, 6.07) is 3.68. The first-order chi connectivity index (χ1) is 8.59. The maximum absolute atomic E-state index is 12.6. The Labute approximate surface area is 115 Å². The number of ether oxygens (including phenoxy) is 1. The zero-order valence-corrected chi connectivity index (χ0v) is 11.8. The molecule has 0 fully saturated rings. The predicted octanol–water partition coefficient (Wildman–Crippen LogP) is 4.79. The van der Waals surface area contributed by atoms with E-state index < -0.39 is 11.7 Å². The molecule has 0 spiro atoms. The van der Waals surface area contributed by atoms with Crippen LogP contribution in [0.25, 0.3) is 0 Å². The molecule has 2 nitrogen and oxygen atoms in total. The highest BCUT2D eigenvalue weighted by Crippen LogP contribution is 2.36. The minimum absolute atomic E-state index is 0.0127. The number of alkyl halides is 3. The zero-order valence-electron chi connectivity index (χ0n) is 11.1. The lowest BCUT2D eigenvalue weighted by Crippen LogP contribution is -2.18. The van der Waals surface area contributed by atoms with Gasteiger partial charge < -0.3 is 10.1 Å². The number of rotatable bonds is 4. The fourth-order valence-electron chi connectivity index (χ4n) is 1.34. The van der Waals surface area contributed by atoms with Gasteiger partial charge in [0.25, 0.3) is 0 Å². The highest BCUT2D eigenvalue weighted by Gasteiger charge is 2.33. The van der Waals surface area contributed by atoms with Crippen LogP contribution >= 0.6 is 11.6 Å². The largest absolute Gasteiger partial charge is 0.417 e. The Balaban J connectivity index is 2.61. The molecule has 1 rings (SSSR count). The Morgan fingerprint density at radius 2 is 1.84 bits per heavy atom. The third-order valence-electron chi connectivity index (χ3n) is 2.19. The molecule has 0 bridgehead atoms. The molecule has 0 aliphatic heterocycles. The Morgan fingerprint density at radius 1 is 1.21 bits per heavy atom. The summed E-state index contributed by atoms with van der Waals surface area (Å²) in [4.78, 5) is 0. The van der Waals surface area contributed by atoms with Crippen LogP contribution in [-0.2, 0) is 10.9 Å². The van der Waals surface area contributed by atoms with Crippen molar-refractivity contribution >= 4 is 17.3 Å². The quantitative estimate of drug-likeness (QED) is 0.637. The molecule has 0 aliphatic rings. The molecular formula is C13H17ClF3NO. The van der Waals surface area contributed by atoms with E-state index in [4.69, 9.17) is 16.3 Å². The molecule has 0 aromatic heterocycles. The van der Waals surface area contributed by atoms with Crippen LogP contribution < -0.4 is 5.32 Å². The van der Waals surface area contributed by atoms with Crippen molar-refractivity contribution in [3.05, 3.63) is 28.8 Å². The van der Waals surface area contributed by atoms with E-state index in [9.17, 15) is 13.2 Å². The second-order valence-electron chi connectivity index (χ2n) is 5.42. The van der Waals surface area contributed by atoms with Crippen molar-refractivity contribution in [2.45, 2.75) is 26.9 Å². The number of hydrogen-bond acceptors (Lipinski definition) is 2. The van der Waals surface area contributed by atoms with Crippen molar-refractivity contribution in [3.63, 3.8) is 0 Å². The van der Waals surface area contributed by atoms with Crippen LogP contribution in [0.3, 0.4) is 0 Å². The minimum Gasteiger partial charge on any atom is -0.363 e. The van der Waals surface area contributed by atoms with Crippen molar-refractivity contribution in [1.29, 1.82) is 0 Å². The molecule has 1 aromatic carbocycles. The zero-order chi connectivity index (χ0) is 14.7. The molecule has 108 valence electrons. The second-order valence-corrected chi connectivity index (χ2v) is 5.83. The Bertz CT molecular complexity index is 427. The molecule has 19 heavy (non-hydrogen) atoms. The number of benzene rings is 1. The summed E-state index contributed by atoms with van der Waals surface area (Å²) in [6.45, 7) is 6.70. The van der Waals surface area contributed by atoms with Crippen molar-refractivity contribution in [2.24, 2.45) is 5.41 Å². The van der Waals surface area contributed by atoms with E-state index in [-0.39, 0.29) is 17.2 Å². The lowest BCUT2D eigenvalue weighted by atomic mass is 9.99. The molecule has 0 radical (unpaired) electrons. The number of halogens is 4. The lowest BCUT2D eigenvalue weighted by Gasteiger charge is -2.18. The Morgan fingerprint density at radius 3 is 2.37 bits per heavy atom. The summed E-state index contributed by atoms with van der Waals surface area (Å²) in [6.07, 6.45) is -4.46. The molecule has 0 amide bonds. The first-order valence-electron chi connectivity index (χ1n) is 5.78. The van der Waals surface area contributed by atoms with Gasteiger partial charge in [-0.05, 0) is 23.6 Å². The van der Waals surface area contributed by atoms with E-state index in [0.717, 1.165) is 6.07 Å². The first kappa shape index (κ1) is 16.1. The van der Waals surface area contributed by atoms with Gasteiger partial charge in [0.1, 0.15) is 6.73 Å². The average Bonchev–Trinajstić information content (AvgIpc) is 2.23. The Hall–Kier alpha value is -0.940. The summed E-state index contributed by atoms with van der Waals surface area (Å²) in [5, 5.41) is 2.46. The van der Waals surface area contributed by atoms with E-state index in [1.54, 1.807) is 0 Å². The SMILES string of the molecule is CC(C)(C)COCNc1ccc(Cl)c(C(F)(F)F)c1. The maximum Gasteiger partial charge on any atom is 0.417 e. The smallest absolute Gasteiger partial charge is 0.363 e. The molecular weight excluding hydrogens is 279 g/mol. The third kappa shape index (κ3) is 5.70. The van der Waals surface area contributed by atoms with E-state index in [0.29, 0.717) is 12.3 Å². The predicted molar refractivity (Wildman–Crippen MR) is 70.4 cm³/mol. The van der Waals surface area contributed by atoms with Gasteiger partial charge in [-0.3, -0.25) is 0 Å². The van der Waals surface area contributed by atoms with Gasteiger partial charge in [-0.25, -0.2) is 0 Å². The molecule has 0 unspecified atom stereocenters. The second kappa shape index (κ2) is 6.01. The van der Waals surface area contributed by atoms with Gasteiger partial charge >= 0.3 is 6.18 Å². The van der Waals surface area contributed by atoms with Crippen LogP contribution in [-0.4, -0.2) is 13.3 Å². The van der Waals surface area contributed by atoms with Crippen LogP contribution in [0.15, 0.2) is 18.2 Å². The van der Waals surface area contributed by atoms with Crippen LogP contribution in [0.1, 0.15) is 26.3 Å². The minimum atomic E-state index is -4.46. The fourth-order valence-corrected chi connectivity index (χ4v) is 1.57. The number of hydrogen-bond donors (Lipinski definition) is 1. The van der Waals surface area contributed by atoms with Crippen molar-refractivity contribution < 1.29 is 17.9 Å². The average molecular weight is 296 g/mol. The first-order valence-corrected chi connectivity index (χ1v) is 6.16. The molecule has 1 N–H and O–H groups in total. The standard InChI is InChI=1S/C13H17ClF3NO/c1-12(2,3)7-19-8-18-9-4-5-11(14)10(6-9)13(15,16)17/h4-6,18H,7-8H2,1-3H3. The monoisotopic (exact) mass is 295 g/mol. The van der Waals surface area contributed by atoms with Crippen LogP contribution in [0, 0.1) is 5.41 Å². The molecule has 1 aromatic rings. The summed E-state index contributed by atoms with van der Waals surface area (Å²) in [7, 11) is 0. The summed E-state index contributed by atoms with van der Waals surface area (Å²) >= 11 is 5.52. The van der Waals surface area contributed by atoms with Crippen LogP contribution in [0.4, 0.5) is 18.9 Å².